The summed E-state index contributed by atoms with van der Waals surface area (Å²) in [6, 6.07) is 0. The van der Waals surface area contributed by atoms with Crippen molar-refractivity contribution in [1.82, 2.24) is 0 Å². The molecule has 0 radical (unpaired) electrons. The Bertz CT molecular complexity index is 248. The standard InChI is InChI=1S/C13H22O3/c1-3-5-6-12(4-2)16-13(15)10-7-8-11(14)9-10/h10,12H,3-9H2,1-2H3. The van der Waals surface area contributed by atoms with Crippen LogP contribution in [0, 0.1) is 5.92 Å². The molecule has 1 aliphatic carbocycles. The predicted molar refractivity (Wildman–Crippen MR) is 62.0 cm³/mol. The monoisotopic (exact) mass is 226 g/mol. The van der Waals surface area contributed by atoms with E-state index in [0.717, 1.165) is 25.7 Å². The number of ketones is 1. The van der Waals surface area contributed by atoms with Gasteiger partial charge in [-0.3, -0.25) is 9.59 Å². The highest BCUT2D eigenvalue weighted by molar-refractivity contribution is 5.87. The quantitative estimate of drug-likeness (QED) is 0.654. The Balaban J connectivity index is 2.33. The maximum Gasteiger partial charge on any atom is 0.309 e. The molecule has 3 nitrogen and oxygen atoms in total. The molecule has 92 valence electrons. The van der Waals surface area contributed by atoms with Crippen LogP contribution in [0.25, 0.3) is 0 Å². The van der Waals surface area contributed by atoms with Crippen molar-refractivity contribution in [3.63, 3.8) is 0 Å². The number of carbonyl (C=O) groups is 2. The summed E-state index contributed by atoms with van der Waals surface area (Å²) < 4.78 is 5.44. The van der Waals surface area contributed by atoms with E-state index in [1.165, 1.54) is 0 Å². The molecular weight excluding hydrogens is 204 g/mol. The number of unbranched alkanes of at least 4 members (excludes halogenated alkanes) is 1. The highest BCUT2D eigenvalue weighted by atomic mass is 16.5. The van der Waals surface area contributed by atoms with Crippen LogP contribution in [0.15, 0.2) is 0 Å². The lowest BCUT2D eigenvalue weighted by Gasteiger charge is -2.18. The lowest BCUT2D eigenvalue weighted by Crippen LogP contribution is -2.22. The molecule has 0 N–H and O–H groups in total. The molecule has 0 saturated heterocycles. The molecule has 0 aliphatic heterocycles. The molecule has 0 heterocycles. The molecule has 0 aromatic rings. The van der Waals surface area contributed by atoms with Crippen molar-refractivity contribution in [3.8, 4) is 0 Å². The van der Waals surface area contributed by atoms with Crippen LogP contribution in [0.4, 0.5) is 0 Å². The van der Waals surface area contributed by atoms with Crippen LogP contribution in [-0.4, -0.2) is 17.9 Å². The summed E-state index contributed by atoms with van der Waals surface area (Å²) in [7, 11) is 0. The van der Waals surface area contributed by atoms with Gasteiger partial charge in [0.2, 0.25) is 0 Å². The van der Waals surface area contributed by atoms with Gasteiger partial charge in [-0.05, 0) is 19.3 Å². The molecule has 2 unspecified atom stereocenters. The Labute approximate surface area is 97.5 Å². The number of esters is 1. The zero-order valence-electron chi connectivity index (χ0n) is 10.3. The Hall–Kier alpha value is -0.860. The number of rotatable bonds is 6. The zero-order chi connectivity index (χ0) is 12.0. The first-order chi connectivity index (χ1) is 7.67. The van der Waals surface area contributed by atoms with E-state index in [2.05, 4.69) is 6.92 Å². The van der Waals surface area contributed by atoms with E-state index in [1.807, 2.05) is 6.92 Å². The largest absolute Gasteiger partial charge is 0.462 e. The van der Waals surface area contributed by atoms with Crippen LogP contribution in [0.1, 0.15) is 58.8 Å². The fourth-order valence-electron chi connectivity index (χ4n) is 2.05. The molecule has 3 heteroatoms. The zero-order valence-corrected chi connectivity index (χ0v) is 10.3. The third kappa shape index (κ3) is 3.95. The van der Waals surface area contributed by atoms with Crippen LogP contribution in [0.3, 0.4) is 0 Å². The van der Waals surface area contributed by atoms with Gasteiger partial charge in [0.25, 0.3) is 0 Å². The van der Waals surface area contributed by atoms with Gasteiger partial charge in [0.05, 0.1) is 5.92 Å². The summed E-state index contributed by atoms with van der Waals surface area (Å²) in [5, 5.41) is 0. The van der Waals surface area contributed by atoms with Gasteiger partial charge in [0.15, 0.2) is 0 Å². The fraction of sp³-hybridized carbons (Fsp3) is 0.846. The van der Waals surface area contributed by atoms with E-state index in [4.69, 9.17) is 4.74 Å². The summed E-state index contributed by atoms with van der Waals surface area (Å²) in [5.41, 5.74) is 0. The molecule has 0 aromatic carbocycles. The minimum Gasteiger partial charge on any atom is -0.462 e. The average Bonchev–Trinajstić information content (AvgIpc) is 2.70. The van der Waals surface area contributed by atoms with Gasteiger partial charge in [0, 0.05) is 12.8 Å². The first kappa shape index (κ1) is 13.2. The predicted octanol–water partition coefficient (Wildman–Crippen LogP) is 2.87. The molecule has 1 fully saturated rings. The van der Waals surface area contributed by atoms with E-state index in [9.17, 15) is 9.59 Å². The first-order valence-corrected chi connectivity index (χ1v) is 6.39. The molecule has 0 spiro atoms. The highest BCUT2D eigenvalue weighted by Gasteiger charge is 2.30. The third-order valence-electron chi connectivity index (χ3n) is 3.20. The molecule has 1 rings (SSSR count). The number of hydrogen-bond donors (Lipinski definition) is 0. The van der Waals surface area contributed by atoms with E-state index >= 15 is 0 Å². The molecule has 1 saturated carbocycles. The molecular formula is C13H22O3. The van der Waals surface area contributed by atoms with Gasteiger partial charge in [-0.2, -0.15) is 0 Å². The fourth-order valence-corrected chi connectivity index (χ4v) is 2.05. The van der Waals surface area contributed by atoms with E-state index < -0.39 is 0 Å². The number of Topliss-reactive ketones (excluding diaryl/α,β-unsaturated/α-hetero) is 1. The second kappa shape index (κ2) is 6.66. The van der Waals surface area contributed by atoms with Gasteiger partial charge in [-0.1, -0.05) is 26.7 Å². The summed E-state index contributed by atoms with van der Waals surface area (Å²) in [4.78, 5) is 22.8. The molecule has 0 aromatic heterocycles. The lowest BCUT2D eigenvalue weighted by molar-refractivity contribution is -0.154. The van der Waals surface area contributed by atoms with Crippen LogP contribution < -0.4 is 0 Å². The summed E-state index contributed by atoms with van der Waals surface area (Å²) in [6.45, 7) is 4.16. The van der Waals surface area contributed by atoms with Gasteiger partial charge < -0.3 is 4.74 Å². The van der Waals surface area contributed by atoms with Crippen molar-refractivity contribution in [1.29, 1.82) is 0 Å². The Morgan fingerprint density at radius 3 is 2.75 bits per heavy atom. The summed E-state index contributed by atoms with van der Waals surface area (Å²) in [6.07, 6.45) is 5.69. The number of hydrogen-bond acceptors (Lipinski definition) is 3. The van der Waals surface area contributed by atoms with Crippen molar-refractivity contribution in [2.75, 3.05) is 0 Å². The smallest absolute Gasteiger partial charge is 0.309 e. The van der Waals surface area contributed by atoms with E-state index in [-0.39, 0.29) is 23.8 Å². The summed E-state index contributed by atoms with van der Waals surface area (Å²) >= 11 is 0. The molecule has 16 heavy (non-hydrogen) atoms. The molecule has 1 aliphatic rings. The topological polar surface area (TPSA) is 43.4 Å². The Morgan fingerprint density at radius 1 is 1.50 bits per heavy atom. The molecule has 0 amide bonds. The van der Waals surface area contributed by atoms with E-state index in [1.54, 1.807) is 0 Å². The molecule has 0 bridgehead atoms. The minimum atomic E-state index is -0.164. The number of carbonyl (C=O) groups excluding carboxylic acids is 2. The van der Waals surface area contributed by atoms with Crippen molar-refractivity contribution in [3.05, 3.63) is 0 Å². The Morgan fingerprint density at radius 2 is 2.25 bits per heavy atom. The lowest BCUT2D eigenvalue weighted by atomic mass is 10.1. The normalized spacial score (nSPS) is 22.1. The third-order valence-corrected chi connectivity index (χ3v) is 3.20. The van der Waals surface area contributed by atoms with Crippen molar-refractivity contribution in [2.24, 2.45) is 5.92 Å². The average molecular weight is 226 g/mol. The SMILES string of the molecule is CCCCC(CC)OC(=O)C1CCC(=O)C1. The van der Waals surface area contributed by atoms with Crippen molar-refractivity contribution >= 4 is 11.8 Å². The highest BCUT2D eigenvalue weighted by Crippen LogP contribution is 2.24. The number of ether oxygens (including phenoxy) is 1. The maximum absolute atomic E-state index is 11.7. The first-order valence-electron chi connectivity index (χ1n) is 6.39. The van der Waals surface area contributed by atoms with E-state index in [0.29, 0.717) is 19.3 Å². The van der Waals surface area contributed by atoms with Crippen molar-refractivity contribution < 1.29 is 14.3 Å². The second-order valence-electron chi connectivity index (χ2n) is 4.59. The van der Waals surface area contributed by atoms with Crippen LogP contribution in [0.2, 0.25) is 0 Å². The van der Waals surface area contributed by atoms with Gasteiger partial charge in [0.1, 0.15) is 11.9 Å². The van der Waals surface area contributed by atoms with Gasteiger partial charge in [-0.15, -0.1) is 0 Å². The second-order valence-corrected chi connectivity index (χ2v) is 4.59. The van der Waals surface area contributed by atoms with Crippen LogP contribution >= 0.6 is 0 Å². The Kier molecular flexibility index (Phi) is 5.50. The van der Waals surface area contributed by atoms with Gasteiger partial charge in [-0.25, -0.2) is 0 Å². The van der Waals surface area contributed by atoms with Gasteiger partial charge >= 0.3 is 5.97 Å². The minimum absolute atomic E-state index is 0.0446. The van der Waals surface area contributed by atoms with Crippen molar-refractivity contribution in [2.45, 2.75) is 64.9 Å². The molecule has 2 atom stereocenters. The maximum atomic E-state index is 11.7. The summed E-state index contributed by atoms with van der Waals surface area (Å²) in [5.74, 6) is -0.125. The van der Waals surface area contributed by atoms with Crippen LogP contribution in [0.5, 0.6) is 0 Å². The van der Waals surface area contributed by atoms with Crippen LogP contribution in [-0.2, 0) is 14.3 Å².